The van der Waals surface area contributed by atoms with Crippen molar-refractivity contribution in [1.82, 2.24) is 0 Å². The third-order valence-electron chi connectivity index (χ3n) is 2.33. The minimum Gasteiger partial charge on any atom is -0.462 e. The smallest absolute Gasteiger partial charge is 0.387 e. The zero-order valence-electron chi connectivity index (χ0n) is 10.7. The van der Waals surface area contributed by atoms with Crippen LogP contribution >= 0.6 is 15.9 Å². The summed E-state index contributed by atoms with van der Waals surface area (Å²) in [4.78, 5) is 23.7. The molecule has 0 aromatic heterocycles. The Morgan fingerprint density at radius 1 is 1.30 bits per heavy atom. The molecular formula is C13H13BrF2O4. The van der Waals surface area contributed by atoms with E-state index >= 15 is 0 Å². The van der Waals surface area contributed by atoms with E-state index in [4.69, 9.17) is 4.74 Å². The predicted molar refractivity (Wildman–Crippen MR) is 71.8 cm³/mol. The van der Waals surface area contributed by atoms with Gasteiger partial charge >= 0.3 is 12.6 Å². The molecule has 4 nitrogen and oxygen atoms in total. The third-order valence-corrected chi connectivity index (χ3v) is 2.73. The molecule has 0 aliphatic rings. The predicted octanol–water partition coefficient (Wildman–Crippen LogP) is 3.43. The van der Waals surface area contributed by atoms with Crippen LogP contribution in [0, 0.1) is 0 Å². The molecule has 0 radical (unpaired) electrons. The molecule has 1 aromatic carbocycles. The Kier molecular flexibility index (Phi) is 6.57. The largest absolute Gasteiger partial charge is 0.462 e. The molecule has 0 aliphatic carbocycles. The van der Waals surface area contributed by atoms with Gasteiger partial charge in [0.2, 0.25) is 0 Å². The molecule has 0 heterocycles. The van der Waals surface area contributed by atoms with Crippen LogP contribution in [0.2, 0.25) is 0 Å². The summed E-state index contributed by atoms with van der Waals surface area (Å²) in [5.74, 6) is -1.20. The molecule has 0 N–H and O–H groups in total. The Balaban J connectivity index is 3.15. The van der Waals surface area contributed by atoms with Crippen molar-refractivity contribution in [3.05, 3.63) is 29.3 Å². The molecule has 0 atom stereocenters. The van der Waals surface area contributed by atoms with Gasteiger partial charge in [-0.2, -0.15) is 8.78 Å². The molecule has 0 bridgehead atoms. The number of ether oxygens (including phenoxy) is 2. The monoisotopic (exact) mass is 350 g/mol. The van der Waals surface area contributed by atoms with E-state index in [-0.39, 0.29) is 35.7 Å². The van der Waals surface area contributed by atoms with Gasteiger partial charge in [0.05, 0.1) is 12.2 Å². The summed E-state index contributed by atoms with van der Waals surface area (Å²) < 4.78 is 33.4. The van der Waals surface area contributed by atoms with Crippen LogP contribution in [0.3, 0.4) is 0 Å². The summed E-state index contributed by atoms with van der Waals surface area (Å²) in [5.41, 5.74) is 0.0560. The maximum Gasteiger partial charge on any atom is 0.387 e. The van der Waals surface area contributed by atoms with E-state index in [0.29, 0.717) is 5.33 Å². The highest BCUT2D eigenvalue weighted by molar-refractivity contribution is 9.09. The van der Waals surface area contributed by atoms with Gasteiger partial charge in [0, 0.05) is 17.3 Å². The quantitative estimate of drug-likeness (QED) is 0.429. The van der Waals surface area contributed by atoms with Gasteiger partial charge in [-0.25, -0.2) is 4.79 Å². The van der Waals surface area contributed by atoms with E-state index in [1.165, 1.54) is 12.1 Å². The van der Waals surface area contributed by atoms with Crippen molar-refractivity contribution in [1.29, 1.82) is 0 Å². The highest BCUT2D eigenvalue weighted by Crippen LogP contribution is 2.22. The van der Waals surface area contributed by atoms with Crippen LogP contribution in [0.25, 0.3) is 0 Å². The van der Waals surface area contributed by atoms with Gasteiger partial charge in [-0.05, 0) is 25.1 Å². The van der Waals surface area contributed by atoms with E-state index in [2.05, 4.69) is 20.7 Å². The molecule has 1 rings (SSSR count). The lowest BCUT2D eigenvalue weighted by Gasteiger charge is -2.10. The molecule has 0 spiro atoms. The zero-order valence-corrected chi connectivity index (χ0v) is 12.3. The van der Waals surface area contributed by atoms with Gasteiger partial charge in [0.1, 0.15) is 5.75 Å². The molecule has 1 aromatic rings. The standard InChI is InChI=1S/C13H13BrF2O4/c1-2-19-12(18)9-4-3-8(20-13(15)16)7-10(9)11(17)5-6-14/h3-4,7,13H,2,5-6H2,1H3. The molecule has 0 aliphatic heterocycles. The average molecular weight is 351 g/mol. The molecule has 0 amide bonds. The van der Waals surface area contributed by atoms with Crippen LogP contribution in [0.5, 0.6) is 5.75 Å². The second-order valence-electron chi connectivity index (χ2n) is 3.67. The summed E-state index contributed by atoms with van der Waals surface area (Å²) in [6.07, 6.45) is 0.130. The number of rotatable bonds is 7. The first-order valence-electron chi connectivity index (χ1n) is 5.84. The Morgan fingerprint density at radius 3 is 2.55 bits per heavy atom. The fourth-order valence-electron chi connectivity index (χ4n) is 1.54. The number of alkyl halides is 3. The summed E-state index contributed by atoms with van der Waals surface area (Å²) in [5, 5.41) is 0.397. The van der Waals surface area contributed by atoms with E-state index < -0.39 is 12.6 Å². The molecule has 0 fully saturated rings. The van der Waals surface area contributed by atoms with Gasteiger partial charge in [0.15, 0.2) is 5.78 Å². The summed E-state index contributed by atoms with van der Waals surface area (Å²) in [6.45, 7) is -1.21. The van der Waals surface area contributed by atoms with Crippen molar-refractivity contribution in [3.8, 4) is 5.75 Å². The van der Waals surface area contributed by atoms with Crippen molar-refractivity contribution in [3.63, 3.8) is 0 Å². The first-order valence-corrected chi connectivity index (χ1v) is 6.96. The number of benzene rings is 1. The van der Waals surface area contributed by atoms with Crippen LogP contribution < -0.4 is 4.74 Å². The maximum atomic E-state index is 12.2. The zero-order chi connectivity index (χ0) is 15.1. The minimum absolute atomic E-state index is 0.0149. The van der Waals surface area contributed by atoms with E-state index in [1.54, 1.807) is 6.92 Å². The second-order valence-corrected chi connectivity index (χ2v) is 4.46. The van der Waals surface area contributed by atoms with E-state index in [9.17, 15) is 18.4 Å². The minimum atomic E-state index is -3.00. The molecular weight excluding hydrogens is 338 g/mol. The highest BCUT2D eigenvalue weighted by Gasteiger charge is 2.19. The van der Waals surface area contributed by atoms with Crippen molar-refractivity contribution in [2.24, 2.45) is 0 Å². The molecule has 0 saturated carbocycles. The van der Waals surface area contributed by atoms with Crippen molar-refractivity contribution < 1.29 is 27.8 Å². The summed E-state index contributed by atoms with van der Waals surface area (Å²) >= 11 is 3.11. The Labute approximate surface area is 123 Å². The van der Waals surface area contributed by atoms with Gasteiger partial charge in [-0.1, -0.05) is 15.9 Å². The SMILES string of the molecule is CCOC(=O)c1ccc(OC(F)F)cc1C(=O)CCBr. The Bertz CT molecular complexity index is 491. The lowest BCUT2D eigenvalue weighted by Crippen LogP contribution is -2.13. The topological polar surface area (TPSA) is 52.6 Å². The van der Waals surface area contributed by atoms with E-state index in [1.807, 2.05) is 0 Å². The fraction of sp³-hybridized carbons (Fsp3) is 0.385. The average Bonchev–Trinajstić information content (AvgIpc) is 2.38. The lowest BCUT2D eigenvalue weighted by molar-refractivity contribution is -0.0498. The lowest BCUT2D eigenvalue weighted by atomic mass is 10.0. The molecule has 0 unspecified atom stereocenters. The fourth-order valence-corrected chi connectivity index (χ4v) is 1.90. The van der Waals surface area contributed by atoms with E-state index in [0.717, 1.165) is 6.07 Å². The van der Waals surface area contributed by atoms with Gasteiger partial charge < -0.3 is 9.47 Å². The van der Waals surface area contributed by atoms with Crippen molar-refractivity contribution in [2.75, 3.05) is 11.9 Å². The third kappa shape index (κ3) is 4.56. The van der Waals surface area contributed by atoms with Gasteiger partial charge in [0.25, 0.3) is 0 Å². The van der Waals surface area contributed by atoms with Crippen LogP contribution in [0.15, 0.2) is 18.2 Å². The molecule has 20 heavy (non-hydrogen) atoms. The van der Waals surface area contributed by atoms with Crippen LogP contribution in [-0.2, 0) is 4.74 Å². The van der Waals surface area contributed by atoms with Crippen molar-refractivity contribution >= 4 is 27.7 Å². The second kappa shape index (κ2) is 7.94. The van der Waals surface area contributed by atoms with Crippen LogP contribution in [-0.4, -0.2) is 30.3 Å². The van der Waals surface area contributed by atoms with Crippen molar-refractivity contribution in [2.45, 2.75) is 20.0 Å². The maximum absolute atomic E-state index is 12.2. The summed E-state index contributed by atoms with van der Waals surface area (Å²) in [6, 6.07) is 3.57. The number of Topliss-reactive ketones (excluding diaryl/α,β-unsaturated/α-hetero) is 1. The Hall–Kier alpha value is -1.50. The number of carbonyl (C=O) groups is 2. The number of hydrogen-bond donors (Lipinski definition) is 0. The summed E-state index contributed by atoms with van der Waals surface area (Å²) in [7, 11) is 0. The molecule has 110 valence electrons. The number of esters is 1. The Morgan fingerprint density at radius 2 is 2.00 bits per heavy atom. The van der Waals surface area contributed by atoms with Gasteiger partial charge in [-0.15, -0.1) is 0 Å². The number of carbonyl (C=O) groups excluding carboxylic acids is 2. The number of hydrogen-bond acceptors (Lipinski definition) is 4. The first kappa shape index (κ1) is 16.6. The number of halogens is 3. The normalized spacial score (nSPS) is 10.4. The molecule has 7 heteroatoms. The number of ketones is 1. The molecule has 0 saturated heterocycles. The van der Waals surface area contributed by atoms with Crippen LogP contribution in [0.4, 0.5) is 8.78 Å². The first-order chi connectivity index (χ1) is 9.49. The van der Waals surface area contributed by atoms with Gasteiger partial charge in [-0.3, -0.25) is 4.79 Å². The highest BCUT2D eigenvalue weighted by atomic mass is 79.9. The van der Waals surface area contributed by atoms with Crippen LogP contribution in [0.1, 0.15) is 34.1 Å².